The van der Waals surface area contributed by atoms with Gasteiger partial charge in [0.15, 0.2) is 0 Å². The maximum absolute atomic E-state index is 2.35. The van der Waals surface area contributed by atoms with Crippen molar-refractivity contribution < 1.29 is 0 Å². The molecule has 0 fully saturated rings. The molecule has 1 unspecified atom stereocenters. The topological polar surface area (TPSA) is 0 Å². The molecule has 0 radical (unpaired) electrons. The molecule has 0 bridgehead atoms. The summed E-state index contributed by atoms with van der Waals surface area (Å²) in [7, 11) is 0. The molecule has 0 saturated heterocycles. The van der Waals surface area contributed by atoms with Crippen LogP contribution in [0, 0.1) is 17.8 Å². The van der Waals surface area contributed by atoms with Gasteiger partial charge in [-0.05, 0) is 17.8 Å². The van der Waals surface area contributed by atoms with Crippen LogP contribution in [-0.2, 0) is 0 Å². The van der Waals surface area contributed by atoms with Crippen molar-refractivity contribution in [1.29, 1.82) is 0 Å². The maximum atomic E-state index is 2.35. The van der Waals surface area contributed by atoms with Crippen LogP contribution in [0.4, 0.5) is 0 Å². The molecule has 1 atom stereocenters. The van der Waals surface area contributed by atoms with Crippen molar-refractivity contribution in [3.63, 3.8) is 0 Å². The summed E-state index contributed by atoms with van der Waals surface area (Å²) in [6, 6.07) is 0. The standard InChI is InChI=1S/C15H32/c1-6-15(12-11-14(4)5)10-8-7-9-13(2)3/h13-15H,6-12H2,1-5H3. The second-order valence-corrected chi connectivity index (χ2v) is 5.92. The summed E-state index contributed by atoms with van der Waals surface area (Å²) in [5, 5.41) is 0. The molecule has 0 aromatic rings. The van der Waals surface area contributed by atoms with Gasteiger partial charge in [-0.15, -0.1) is 0 Å². The van der Waals surface area contributed by atoms with E-state index in [1.54, 1.807) is 0 Å². The molecule has 0 amide bonds. The Kier molecular flexibility index (Phi) is 9.24. The van der Waals surface area contributed by atoms with Gasteiger partial charge in [-0.1, -0.05) is 79.6 Å². The van der Waals surface area contributed by atoms with E-state index in [2.05, 4.69) is 34.6 Å². The zero-order valence-electron chi connectivity index (χ0n) is 11.7. The van der Waals surface area contributed by atoms with Crippen molar-refractivity contribution in [3.05, 3.63) is 0 Å². The molecular weight excluding hydrogens is 180 g/mol. The van der Waals surface area contributed by atoms with Crippen molar-refractivity contribution in [3.8, 4) is 0 Å². The van der Waals surface area contributed by atoms with Gasteiger partial charge < -0.3 is 0 Å². The van der Waals surface area contributed by atoms with Gasteiger partial charge in [-0.3, -0.25) is 0 Å². The lowest BCUT2D eigenvalue weighted by Crippen LogP contribution is -2.01. The summed E-state index contributed by atoms with van der Waals surface area (Å²) < 4.78 is 0. The van der Waals surface area contributed by atoms with Crippen LogP contribution in [0.15, 0.2) is 0 Å². The van der Waals surface area contributed by atoms with Gasteiger partial charge in [0, 0.05) is 0 Å². The van der Waals surface area contributed by atoms with Crippen LogP contribution in [-0.4, -0.2) is 0 Å². The van der Waals surface area contributed by atoms with E-state index in [4.69, 9.17) is 0 Å². The minimum atomic E-state index is 0.884. The van der Waals surface area contributed by atoms with Gasteiger partial charge in [0.2, 0.25) is 0 Å². The van der Waals surface area contributed by atoms with Crippen molar-refractivity contribution in [2.24, 2.45) is 17.8 Å². The molecule has 0 aromatic heterocycles. The highest BCUT2D eigenvalue weighted by atomic mass is 14.1. The largest absolute Gasteiger partial charge is 0.0651 e. The first-order valence-corrected chi connectivity index (χ1v) is 7.06. The molecular formula is C15H32. The molecule has 0 heterocycles. The summed E-state index contributed by atoms with van der Waals surface area (Å²) in [4.78, 5) is 0. The SMILES string of the molecule is CCC(CCCCC(C)C)CCC(C)C. The second-order valence-electron chi connectivity index (χ2n) is 5.92. The van der Waals surface area contributed by atoms with E-state index in [-0.39, 0.29) is 0 Å². The predicted molar refractivity (Wildman–Crippen MR) is 71.2 cm³/mol. The summed E-state index contributed by atoms with van der Waals surface area (Å²) >= 11 is 0. The van der Waals surface area contributed by atoms with Crippen LogP contribution < -0.4 is 0 Å². The van der Waals surface area contributed by atoms with Crippen LogP contribution >= 0.6 is 0 Å². The third-order valence-corrected chi connectivity index (χ3v) is 3.37. The van der Waals surface area contributed by atoms with Crippen molar-refractivity contribution in [2.75, 3.05) is 0 Å². The van der Waals surface area contributed by atoms with Crippen molar-refractivity contribution >= 4 is 0 Å². The van der Waals surface area contributed by atoms with Gasteiger partial charge in [-0.2, -0.15) is 0 Å². The fourth-order valence-electron chi connectivity index (χ4n) is 2.11. The molecule has 92 valence electrons. The highest BCUT2D eigenvalue weighted by molar-refractivity contribution is 4.60. The number of hydrogen-bond acceptors (Lipinski definition) is 0. The summed E-state index contributed by atoms with van der Waals surface area (Å²) in [5.74, 6) is 2.77. The van der Waals surface area contributed by atoms with E-state index < -0.39 is 0 Å². The maximum Gasteiger partial charge on any atom is -0.0417 e. The molecule has 0 saturated carbocycles. The van der Waals surface area contributed by atoms with E-state index in [1.807, 2.05) is 0 Å². The number of hydrogen-bond donors (Lipinski definition) is 0. The van der Waals surface area contributed by atoms with Gasteiger partial charge in [0.25, 0.3) is 0 Å². The number of rotatable bonds is 9. The summed E-state index contributed by atoms with van der Waals surface area (Å²) in [6.07, 6.45) is 10.0. The van der Waals surface area contributed by atoms with Crippen molar-refractivity contribution in [1.82, 2.24) is 0 Å². The highest BCUT2D eigenvalue weighted by Crippen LogP contribution is 2.22. The third-order valence-electron chi connectivity index (χ3n) is 3.37. The molecule has 15 heavy (non-hydrogen) atoms. The average Bonchev–Trinajstić information content (AvgIpc) is 2.16. The average molecular weight is 212 g/mol. The van der Waals surface area contributed by atoms with E-state index in [9.17, 15) is 0 Å². The molecule has 0 aromatic carbocycles. The fourth-order valence-corrected chi connectivity index (χ4v) is 2.11. The Morgan fingerprint density at radius 2 is 1.20 bits per heavy atom. The Bertz CT molecular complexity index is 124. The highest BCUT2D eigenvalue weighted by Gasteiger charge is 2.07. The van der Waals surface area contributed by atoms with Gasteiger partial charge in [-0.25, -0.2) is 0 Å². The molecule has 0 N–H and O–H groups in total. The normalized spacial score (nSPS) is 13.8. The Hall–Kier alpha value is 0. The van der Waals surface area contributed by atoms with E-state index in [1.165, 1.54) is 44.9 Å². The monoisotopic (exact) mass is 212 g/mol. The smallest absolute Gasteiger partial charge is 0.0417 e. The van der Waals surface area contributed by atoms with Crippen LogP contribution in [0.3, 0.4) is 0 Å². The predicted octanol–water partition coefficient (Wildman–Crippen LogP) is 5.67. The lowest BCUT2D eigenvalue weighted by Gasteiger charge is -2.16. The molecule has 0 nitrogen and oxygen atoms in total. The third kappa shape index (κ3) is 10.3. The molecule has 0 aliphatic heterocycles. The van der Waals surface area contributed by atoms with Crippen LogP contribution in [0.1, 0.15) is 79.6 Å². The Morgan fingerprint density at radius 1 is 0.667 bits per heavy atom. The van der Waals surface area contributed by atoms with E-state index in [0.717, 1.165) is 17.8 Å². The quantitative estimate of drug-likeness (QED) is 0.432. The van der Waals surface area contributed by atoms with Crippen molar-refractivity contribution in [2.45, 2.75) is 79.6 Å². The second kappa shape index (κ2) is 9.24. The lowest BCUT2D eigenvalue weighted by molar-refractivity contribution is 0.371. The summed E-state index contributed by atoms with van der Waals surface area (Å²) in [6.45, 7) is 11.7. The Labute approximate surface area is 97.8 Å². The van der Waals surface area contributed by atoms with Crippen LogP contribution in [0.2, 0.25) is 0 Å². The minimum absolute atomic E-state index is 0.884. The van der Waals surface area contributed by atoms with Gasteiger partial charge in [0.1, 0.15) is 0 Å². The molecule has 0 aliphatic rings. The lowest BCUT2D eigenvalue weighted by atomic mass is 9.90. The number of unbranched alkanes of at least 4 members (excludes halogenated alkanes) is 1. The first kappa shape index (κ1) is 15.0. The van der Waals surface area contributed by atoms with Crippen LogP contribution in [0.5, 0.6) is 0 Å². The molecule has 0 heteroatoms. The first-order valence-electron chi connectivity index (χ1n) is 7.06. The van der Waals surface area contributed by atoms with Gasteiger partial charge in [0.05, 0.1) is 0 Å². The summed E-state index contributed by atoms with van der Waals surface area (Å²) in [5.41, 5.74) is 0. The first-order chi connectivity index (χ1) is 7.06. The zero-order valence-corrected chi connectivity index (χ0v) is 11.7. The van der Waals surface area contributed by atoms with Crippen LogP contribution in [0.25, 0.3) is 0 Å². The Balaban J connectivity index is 3.44. The Morgan fingerprint density at radius 3 is 1.67 bits per heavy atom. The fraction of sp³-hybridized carbons (Fsp3) is 1.00. The molecule has 0 aliphatic carbocycles. The zero-order chi connectivity index (χ0) is 11.7. The van der Waals surface area contributed by atoms with Gasteiger partial charge >= 0.3 is 0 Å². The van der Waals surface area contributed by atoms with E-state index >= 15 is 0 Å². The minimum Gasteiger partial charge on any atom is -0.0651 e. The molecule has 0 spiro atoms. The van der Waals surface area contributed by atoms with E-state index in [0.29, 0.717) is 0 Å². The molecule has 0 rings (SSSR count).